The lowest BCUT2D eigenvalue weighted by Gasteiger charge is -2.25. The van der Waals surface area contributed by atoms with E-state index >= 15 is 0 Å². The SMILES string of the molecule is CC1Oc2ccc(NC3CCCC3C)cc2NC1=O. The highest BCUT2D eigenvalue weighted by Crippen LogP contribution is 2.34. The monoisotopic (exact) mass is 260 g/mol. The van der Waals surface area contributed by atoms with E-state index in [1.54, 1.807) is 6.92 Å². The quantitative estimate of drug-likeness (QED) is 0.859. The lowest BCUT2D eigenvalue weighted by atomic mass is 10.1. The zero-order valence-corrected chi connectivity index (χ0v) is 11.4. The topological polar surface area (TPSA) is 50.4 Å². The Kier molecular flexibility index (Phi) is 3.09. The van der Waals surface area contributed by atoms with Gasteiger partial charge in [-0.1, -0.05) is 13.3 Å². The number of rotatable bonds is 2. The van der Waals surface area contributed by atoms with Crippen LogP contribution in [0.1, 0.15) is 33.1 Å². The van der Waals surface area contributed by atoms with E-state index in [1.807, 2.05) is 18.2 Å². The predicted octanol–water partition coefficient (Wildman–Crippen LogP) is 3.01. The van der Waals surface area contributed by atoms with Gasteiger partial charge in [0.15, 0.2) is 6.10 Å². The molecule has 1 heterocycles. The van der Waals surface area contributed by atoms with Gasteiger partial charge in [-0.05, 0) is 43.9 Å². The van der Waals surface area contributed by atoms with Crippen LogP contribution in [-0.2, 0) is 4.79 Å². The van der Waals surface area contributed by atoms with Gasteiger partial charge in [0.25, 0.3) is 5.91 Å². The fourth-order valence-electron chi connectivity index (χ4n) is 2.87. The lowest BCUT2D eigenvalue weighted by molar-refractivity contribution is -0.122. The molecule has 1 aliphatic heterocycles. The molecule has 3 atom stereocenters. The van der Waals surface area contributed by atoms with Gasteiger partial charge < -0.3 is 15.4 Å². The Morgan fingerprint density at radius 2 is 2.16 bits per heavy atom. The van der Waals surface area contributed by atoms with Crippen molar-refractivity contribution in [3.63, 3.8) is 0 Å². The highest BCUT2D eigenvalue weighted by molar-refractivity contribution is 5.98. The van der Waals surface area contributed by atoms with Crippen molar-refractivity contribution in [3.05, 3.63) is 18.2 Å². The van der Waals surface area contributed by atoms with Crippen LogP contribution in [-0.4, -0.2) is 18.1 Å². The summed E-state index contributed by atoms with van der Waals surface area (Å²) in [5, 5.41) is 6.44. The molecule has 1 aromatic carbocycles. The van der Waals surface area contributed by atoms with Crippen LogP contribution in [0.2, 0.25) is 0 Å². The summed E-state index contributed by atoms with van der Waals surface area (Å²) >= 11 is 0. The second-order valence-corrected chi connectivity index (χ2v) is 5.62. The molecule has 3 rings (SSSR count). The minimum Gasteiger partial charge on any atom is -0.479 e. The van der Waals surface area contributed by atoms with Crippen LogP contribution in [0, 0.1) is 5.92 Å². The van der Waals surface area contributed by atoms with Gasteiger partial charge in [-0.25, -0.2) is 0 Å². The third-order valence-corrected chi connectivity index (χ3v) is 4.12. The maximum Gasteiger partial charge on any atom is 0.265 e. The van der Waals surface area contributed by atoms with E-state index in [4.69, 9.17) is 4.74 Å². The van der Waals surface area contributed by atoms with Crippen LogP contribution in [0.4, 0.5) is 11.4 Å². The van der Waals surface area contributed by atoms with Crippen LogP contribution in [0.15, 0.2) is 18.2 Å². The summed E-state index contributed by atoms with van der Waals surface area (Å²) in [6, 6.07) is 6.45. The molecule has 2 N–H and O–H groups in total. The third kappa shape index (κ3) is 2.39. The summed E-state index contributed by atoms with van der Waals surface area (Å²) in [5.74, 6) is 1.37. The summed E-state index contributed by atoms with van der Waals surface area (Å²) in [5.41, 5.74) is 1.81. The Morgan fingerprint density at radius 1 is 1.32 bits per heavy atom. The van der Waals surface area contributed by atoms with Gasteiger partial charge >= 0.3 is 0 Å². The van der Waals surface area contributed by atoms with Gasteiger partial charge in [0, 0.05) is 11.7 Å². The standard InChI is InChI=1S/C15H20N2O2/c1-9-4-3-5-12(9)16-11-6-7-14-13(8-11)17-15(18)10(2)19-14/h6-10,12,16H,3-5H2,1-2H3,(H,17,18). The van der Waals surface area contributed by atoms with Crippen molar-refractivity contribution in [1.29, 1.82) is 0 Å². The Morgan fingerprint density at radius 3 is 2.89 bits per heavy atom. The first-order valence-electron chi connectivity index (χ1n) is 7.01. The fourth-order valence-corrected chi connectivity index (χ4v) is 2.87. The Labute approximate surface area is 113 Å². The normalized spacial score (nSPS) is 29.4. The summed E-state index contributed by atoms with van der Waals surface area (Å²) in [7, 11) is 0. The third-order valence-electron chi connectivity index (χ3n) is 4.12. The Balaban J connectivity index is 1.78. The Bertz CT molecular complexity index is 501. The average Bonchev–Trinajstić information content (AvgIpc) is 2.77. The van der Waals surface area contributed by atoms with E-state index in [9.17, 15) is 4.79 Å². The van der Waals surface area contributed by atoms with Gasteiger partial charge in [0.2, 0.25) is 0 Å². The molecular formula is C15H20N2O2. The average molecular weight is 260 g/mol. The first-order valence-corrected chi connectivity index (χ1v) is 7.01. The van der Waals surface area contributed by atoms with Crippen LogP contribution in [0.3, 0.4) is 0 Å². The number of nitrogens with one attached hydrogen (secondary N) is 2. The van der Waals surface area contributed by atoms with Crippen LogP contribution in [0.25, 0.3) is 0 Å². The fraction of sp³-hybridized carbons (Fsp3) is 0.533. The molecular weight excluding hydrogens is 240 g/mol. The number of hydrogen-bond acceptors (Lipinski definition) is 3. The van der Waals surface area contributed by atoms with Crippen molar-refractivity contribution in [1.82, 2.24) is 0 Å². The van der Waals surface area contributed by atoms with Gasteiger partial charge in [0.1, 0.15) is 5.75 Å². The van der Waals surface area contributed by atoms with Crippen LogP contribution in [0.5, 0.6) is 5.75 Å². The molecule has 1 fully saturated rings. The van der Waals surface area contributed by atoms with Crippen molar-refractivity contribution in [3.8, 4) is 5.75 Å². The van der Waals surface area contributed by atoms with E-state index in [-0.39, 0.29) is 5.91 Å². The zero-order valence-electron chi connectivity index (χ0n) is 11.4. The second kappa shape index (κ2) is 4.76. The van der Waals surface area contributed by atoms with Crippen LogP contribution >= 0.6 is 0 Å². The molecule has 1 amide bonds. The highest BCUT2D eigenvalue weighted by atomic mass is 16.5. The molecule has 3 unspecified atom stereocenters. The molecule has 0 radical (unpaired) electrons. The summed E-state index contributed by atoms with van der Waals surface area (Å²) in [6.45, 7) is 4.04. The molecule has 4 heteroatoms. The highest BCUT2D eigenvalue weighted by Gasteiger charge is 2.25. The predicted molar refractivity (Wildman–Crippen MR) is 75.6 cm³/mol. The number of hydrogen-bond donors (Lipinski definition) is 2. The van der Waals surface area contributed by atoms with Gasteiger partial charge in [-0.15, -0.1) is 0 Å². The van der Waals surface area contributed by atoms with E-state index in [2.05, 4.69) is 17.6 Å². The minimum absolute atomic E-state index is 0.0844. The lowest BCUT2D eigenvalue weighted by Crippen LogP contribution is -2.34. The summed E-state index contributed by atoms with van der Waals surface area (Å²) in [6.07, 6.45) is 3.39. The summed E-state index contributed by atoms with van der Waals surface area (Å²) in [4.78, 5) is 11.6. The molecule has 1 aromatic rings. The number of carbonyl (C=O) groups excluding carboxylic acids is 1. The zero-order chi connectivity index (χ0) is 13.4. The van der Waals surface area contributed by atoms with E-state index in [1.165, 1.54) is 19.3 Å². The molecule has 0 saturated heterocycles. The number of benzene rings is 1. The molecule has 1 saturated carbocycles. The number of carbonyl (C=O) groups is 1. The van der Waals surface area contributed by atoms with Crippen molar-refractivity contribution >= 4 is 17.3 Å². The van der Waals surface area contributed by atoms with Gasteiger partial charge in [0.05, 0.1) is 5.69 Å². The molecule has 102 valence electrons. The first-order chi connectivity index (χ1) is 9.13. The van der Waals surface area contributed by atoms with Crippen LogP contribution < -0.4 is 15.4 Å². The Hall–Kier alpha value is -1.71. The molecule has 0 aromatic heterocycles. The molecule has 0 spiro atoms. The molecule has 4 nitrogen and oxygen atoms in total. The van der Waals surface area contributed by atoms with Crippen molar-refractivity contribution in [2.45, 2.75) is 45.3 Å². The first kappa shape index (κ1) is 12.3. The maximum atomic E-state index is 11.6. The van der Waals surface area contributed by atoms with E-state index < -0.39 is 6.10 Å². The van der Waals surface area contributed by atoms with E-state index in [0.29, 0.717) is 12.0 Å². The maximum absolute atomic E-state index is 11.6. The largest absolute Gasteiger partial charge is 0.479 e. The van der Waals surface area contributed by atoms with Crippen molar-refractivity contribution in [2.75, 3.05) is 10.6 Å². The number of anilines is 2. The van der Waals surface area contributed by atoms with Crippen molar-refractivity contribution in [2.24, 2.45) is 5.92 Å². The minimum atomic E-state index is -0.416. The second-order valence-electron chi connectivity index (χ2n) is 5.62. The van der Waals surface area contributed by atoms with Crippen molar-refractivity contribution < 1.29 is 9.53 Å². The molecule has 19 heavy (non-hydrogen) atoms. The summed E-state index contributed by atoms with van der Waals surface area (Å²) < 4.78 is 5.55. The molecule has 1 aliphatic carbocycles. The smallest absolute Gasteiger partial charge is 0.265 e. The van der Waals surface area contributed by atoms with E-state index in [0.717, 1.165) is 17.1 Å². The van der Waals surface area contributed by atoms with Gasteiger partial charge in [-0.3, -0.25) is 4.79 Å². The number of amides is 1. The number of ether oxygens (including phenoxy) is 1. The van der Waals surface area contributed by atoms with Gasteiger partial charge in [-0.2, -0.15) is 0 Å². The molecule has 2 aliphatic rings. The number of fused-ring (bicyclic) bond motifs is 1. The molecule has 0 bridgehead atoms.